The Morgan fingerprint density at radius 1 is 1.42 bits per heavy atom. The van der Waals surface area contributed by atoms with Gasteiger partial charge >= 0.3 is 12.1 Å². The van der Waals surface area contributed by atoms with Crippen LogP contribution < -0.4 is 0 Å². The van der Waals surface area contributed by atoms with Gasteiger partial charge in [-0.05, 0) is 0 Å². The Morgan fingerprint density at radius 3 is 2.53 bits per heavy atom. The van der Waals surface area contributed by atoms with E-state index in [1.807, 2.05) is 0 Å². The van der Waals surface area contributed by atoms with Gasteiger partial charge in [-0.15, -0.1) is 0 Å². The highest BCUT2D eigenvalue weighted by Gasteiger charge is 2.41. The second-order valence-electron chi connectivity index (χ2n) is 3.30. The number of halogens is 4. The van der Waals surface area contributed by atoms with E-state index in [9.17, 15) is 18.0 Å². The average Bonchev–Trinajstić information content (AvgIpc) is 2.68. The van der Waals surface area contributed by atoms with Crippen molar-refractivity contribution >= 4 is 17.6 Å². The van der Waals surface area contributed by atoms with E-state index in [4.69, 9.17) is 16.7 Å². The zero-order chi connectivity index (χ0) is 14.2. The number of nitrogens with zero attached hydrogens (tertiary/aromatic N) is 4. The average molecular weight is 293 g/mol. The van der Waals surface area contributed by atoms with E-state index in [1.165, 1.54) is 12.3 Å². The predicted octanol–water partition coefficient (Wildman–Crippen LogP) is 2.03. The molecular weight excluding hydrogens is 289 g/mol. The first-order valence-corrected chi connectivity index (χ1v) is 5.05. The van der Waals surface area contributed by atoms with Crippen molar-refractivity contribution in [2.75, 3.05) is 0 Å². The number of aromatic carboxylic acids is 1. The van der Waals surface area contributed by atoms with Crippen LogP contribution in [0.1, 0.15) is 16.1 Å². The number of hydrogen-bond acceptors (Lipinski definition) is 4. The van der Waals surface area contributed by atoms with Crippen LogP contribution in [0.2, 0.25) is 5.15 Å². The number of alkyl halides is 3. The Morgan fingerprint density at radius 2 is 2.11 bits per heavy atom. The van der Waals surface area contributed by atoms with Gasteiger partial charge in [-0.25, -0.2) is 19.4 Å². The number of carboxylic acid groups (broad SMARTS) is 1. The summed E-state index contributed by atoms with van der Waals surface area (Å²) in [5.41, 5.74) is -2.70. The normalized spacial score (nSPS) is 11.6. The molecule has 0 radical (unpaired) electrons. The molecular formula is C9H4ClF3N4O2. The molecule has 0 aromatic carbocycles. The minimum absolute atomic E-state index is 0.0713. The quantitative estimate of drug-likeness (QED) is 0.916. The maximum absolute atomic E-state index is 12.7. The van der Waals surface area contributed by atoms with Crippen LogP contribution in [-0.2, 0) is 6.18 Å². The van der Waals surface area contributed by atoms with Crippen LogP contribution in [0.5, 0.6) is 0 Å². The second-order valence-corrected chi connectivity index (χ2v) is 3.65. The third-order valence-electron chi connectivity index (χ3n) is 2.09. The first-order chi connectivity index (χ1) is 8.82. The summed E-state index contributed by atoms with van der Waals surface area (Å²) in [7, 11) is 0. The molecule has 0 spiro atoms. The molecule has 0 aliphatic heterocycles. The van der Waals surface area contributed by atoms with Crippen molar-refractivity contribution in [2.45, 2.75) is 6.18 Å². The number of rotatable bonds is 2. The summed E-state index contributed by atoms with van der Waals surface area (Å²) in [5, 5.41) is 11.3. The van der Waals surface area contributed by atoms with Crippen LogP contribution in [-0.4, -0.2) is 30.8 Å². The lowest BCUT2D eigenvalue weighted by molar-refractivity contribution is -0.141. The minimum atomic E-state index is -4.93. The summed E-state index contributed by atoms with van der Waals surface area (Å²) in [6.45, 7) is 0. The maximum atomic E-state index is 12.7. The van der Waals surface area contributed by atoms with E-state index >= 15 is 0 Å². The van der Waals surface area contributed by atoms with Gasteiger partial charge in [0.1, 0.15) is 17.0 Å². The van der Waals surface area contributed by atoms with Gasteiger partial charge < -0.3 is 5.11 Å². The van der Waals surface area contributed by atoms with Crippen LogP contribution in [0.25, 0.3) is 5.82 Å². The van der Waals surface area contributed by atoms with Crippen LogP contribution in [0.3, 0.4) is 0 Å². The third-order valence-corrected chi connectivity index (χ3v) is 2.44. The van der Waals surface area contributed by atoms with Gasteiger partial charge in [-0.2, -0.15) is 18.3 Å². The lowest BCUT2D eigenvalue weighted by atomic mass is 10.2. The summed E-state index contributed by atoms with van der Waals surface area (Å²) >= 11 is 5.62. The van der Waals surface area contributed by atoms with Crippen molar-refractivity contribution in [3.05, 3.63) is 35.0 Å². The molecule has 19 heavy (non-hydrogen) atoms. The lowest BCUT2D eigenvalue weighted by Crippen LogP contribution is -2.12. The molecule has 2 heterocycles. The van der Waals surface area contributed by atoms with E-state index in [2.05, 4.69) is 15.1 Å². The van der Waals surface area contributed by atoms with E-state index in [0.29, 0.717) is 4.68 Å². The molecule has 6 nitrogen and oxygen atoms in total. The Bertz CT molecular complexity index is 626. The van der Waals surface area contributed by atoms with Crippen LogP contribution in [0, 0.1) is 0 Å². The summed E-state index contributed by atoms with van der Waals surface area (Å²) in [6, 6.07) is 1.24. The van der Waals surface area contributed by atoms with Crippen LogP contribution in [0.15, 0.2) is 18.6 Å². The zero-order valence-corrected chi connectivity index (χ0v) is 9.64. The largest absolute Gasteiger partial charge is 0.478 e. The number of carbonyl (C=O) groups is 1. The van der Waals surface area contributed by atoms with E-state index < -0.39 is 28.6 Å². The van der Waals surface area contributed by atoms with Crippen molar-refractivity contribution in [1.82, 2.24) is 19.7 Å². The Balaban J connectivity index is 2.70. The van der Waals surface area contributed by atoms with Crippen molar-refractivity contribution in [3.63, 3.8) is 0 Å². The summed E-state index contributed by atoms with van der Waals surface area (Å²) in [5.74, 6) is -1.89. The fourth-order valence-electron chi connectivity index (χ4n) is 1.35. The molecule has 0 aliphatic carbocycles. The van der Waals surface area contributed by atoms with Crippen molar-refractivity contribution < 1.29 is 23.1 Å². The lowest BCUT2D eigenvalue weighted by Gasteiger charge is -2.02. The van der Waals surface area contributed by atoms with Crippen molar-refractivity contribution in [1.29, 1.82) is 0 Å². The van der Waals surface area contributed by atoms with Gasteiger partial charge in [0.25, 0.3) is 0 Å². The Hall–Kier alpha value is -2.16. The molecule has 100 valence electrons. The molecule has 0 fully saturated rings. The minimum Gasteiger partial charge on any atom is -0.478 e. The number of hydrogen-bond donors (Lipinski definition) is 1. The molecule has 0 aliphatic rings. The van der Waals surface area contributed by atoms with Gasteiger partial charge in [0, 0.05) is 12.3 Å². The number of aromatic nitrogens is 4. The van der Waals surface area contributed by atoms with Gasteiger partial charge in [0.05, 0.1) is 0 Å². The van der Waals surface area contributed by atoms with E-state index in [1.54, 1.807) is 0 Å². The molecule has 2 aromatic rings. The fraction of sp³-hybridized carbons (Fsp3) is 0.111. The smallest absolute Gasteiger partial charge is 0.436 e. The number of carboxylic acids is 1. The highest BCUT2D eigenvalue weighted by molar-refractivity contribution is 6.32. The summed E-state index contributed by atoms with van der Waals surface area (Å²) in [6.07, 6.45) is -2.61. The standard InChI is InChI=1S/C9H4ClF3N4O2/c10-7-5(8(18)19)6(9(11,12)13)16-17(7)4-1-2-14-3-15-4/h1-3H,(H,18,19). The monoisotopic (exact) mass is 292 g/mol. The molecule has 0 bridgehead atoms. The molecule has 0 amide bonds. The van der Waals surface area contributed by atoms with E-state index in [0.717, 1.165) is 6.33 Å². The van der Waals surface area contributed by atoms with Crippen LogP contribution >= 0.6 is 11.6 Å². The molecule has 0 saturated heterocycles. The Kier molecular flexibility index (Phi) is 3.14. The molecule has 2 aromatic heterocycles. The Labute approximate surface area is 108 Å². The van der Waals surface area contributed by atoms with Crippen molar-refractivity contribution in [3.8, 4) is 5.82 Å². The maximum Gasteiger partial charge on any atom is 0.436 e. The van der Waals surface area contributed by atoms with Gasteiger partial charge in [0.2, 0.25) is 0 Å². The molecule has 0 saturated carbocycles. The molecule has 10 heteroatoms. The topological polar surface area (TPSA) is 80.9 Å². The fourth-order valence-corrected chi connectivity index (χ4v) is 1.64. The first-order valence-electron chi connectivity index (χ1n) is 4.67. The van der Waals surface area contributed by atoms with Crippen LogP contribution in [0.4, 0.5) is 13.2 Å². The second kappa shape index (κ2) is 4.50. The summed E-state index contributed by atoms with van der Waals surface area (Å²) < 4.78 is 38.7. The third kappa shape index (κ3) is 2.36. The highest BCUT2D eigenvalue weighted by Crippen LogP contribution is 2.35. The zero-order valence-electron chi connectivity index (χ0n) is 8.89. The summed E-state index contributed by atoms with van der Waals surface area (Å²) in [4.78, 5) is 18.1. The first kappa shape index (κ1) is 13.3. The van der Waals surface area contributed by atoms with Gasteiger partial charge in [0.15, 0.2) is 11.5 Å². The molecule has 0 unspecified atom stereocenters. The van der Waals surface area contributed by atoms with Gasteiger partial charge in [-0.3, -0.25) is 0 Å². The van der Waals surface area contributed by atoms with Crippen molar-refractivity contribution in [2.24, 2.45) is 0 Å². The molecule has 0 atom stereocenters. The predicted molar refractivity (Wildman–Crippen MR) is 56.1 cm³/mol. The molecule has 1 N–H and O–H groups in total. The van der Waals surface area contributed by atoms with Gasteiger partial charge in [-0.1, -0.05) is 11.6 Å². The molecule has 2 rings (SSSR count). The SMILES string of the molecule is O=C(O)c1c(C(F)(F)F)nn(-c2ccncn2)c1Cl. The highest BCUT2D eigenvalue weighted by atomic mass is 35.5. The van der Waals surface area contributed by atoms with E-state index in [-0.39, 0.29) is 5.82 Å².